The van der Waals surface area contributed by atoms with Crippen LogP contribution in [0.4, 0.5) is 0 Å². The number of imidazole rings is 1. The Balaban J connectivity index is 1.61. The molecule has 3 rings (SSSR count). The molecule has 0 bridgehead atoms. The number of aromatic nitrogens is 4. The summed E-state index contributed by atoms with van der Waals surface area (Å²) in [5, 5.41) is 4.46. The quantitative estimate of drug-likeness (QED) is 0.463. The molecule has 0 radical (unpaired) electrons. The number of hydrogen-bond acceptors (Lipinski definition) is 5. The van der Waals surface area contributed by atoms with Gasteiger partial charge in [-0.15, -0.1) is 11.8 Å². The normalized spacial score (nSPS) is 15.8. The molecule has 1 aliphatic rings. The Morgan fingerprint density at radius 3 is 3.19 bits per heavy atom. The highest BCUT2D eigenvalue weighted by atomic mass is 32.2. The lowest BCUT2D eigenvalue weighted by Crippen LogP contribution is -2.19. The molecular formula is C10H13N5S. The van der Waals surface area contributed by atoms with Crippen molar-refractivity contribution in [2.75, 3.05) is 12.3 Å². The molecule has 0 spiro atoms. The van der Waals surface area contributed by atoms with E-state index < -0.39 is 0 Å². The Hall–Kier alpha value is -1.14. The van der Waals surface area contributed by atoms with Gasteiger partial charge in [0.2, 0.25) is 0 Å². The summed E-state index contributed by atoms with van der Waals surface area (Å²) in [7, 11) is 0. The van der Waals surface area contributed by atoms with Gasteiger partial charge in [0.05, 0.1) is 6.33 Å². The number of nitrogens with zero attached hydrogens (tertiary/aromatic N) is 3. The van der Waals surface area contributed by atoms with Crippen molar-refractivity contribution in [3.05, 3.63) is 12.7 Å². The standard InChI is InChI=1S/C10H13N5S/c1-2-7(1)11-3-4-16-10-8-9(13-5-12-8)14-6-15-10/h5-7,11H,1-4H2,(H,12,13,14,15). The molecule has 5 nitrogen and oxygen atoms in total. The molecule has 1 aliphatic carbocycles. The fourth-order valence-corrected chi connectivity index (χ4v) is 2.38. The Morgan fingerprint density at radius 2 is 2.31 bits per heavy atom. The van der Waals surface area contributed by atoms with Gasteiger partial charge < -0.3 is 10.3 Å². The molecule has 16 heavy (non-hydrogen) atoms. The smallest absolute Gasteiger partial charge is 0.181 e. The zero-order valence-corrected chi connectivity index (χ0v) is 9.63. The highest BCUT2D eigenvalue weighted by Crippen LogP contribution is 2.22. The third kappa shape index (κ3) is 2.17. The fraction of sp³-hybridized carbons (Fsp3) is 0.500. The van der Waals surface area contributed by atoms with Crippen LogP contribution >= 0.6 is 11.8 Å². The highest BCUT2D eigenvalue weighted by molar-refractivity contribution is 7.99. The molecule has 84 valence electrons. The Morgan fingerprint density at radius 1 is 1.38 bits per heavy atom. The van der Waals surface area contributed by atoms with E-state index in [1.165, 1.54) is 12.8 Å². The van der Waals surface area contributed by atoms with Crippen LogP contribution in [0.3, 0.4) is 0 Å². The first-order valence-corrected chi connectivity index (χ1v) is 6.42. The molecular weight excluding hydrogens is 222 g/mol. The van der Waals surface area contributed by atoms with Gasteiger partial charge in [0.25, 0.3) is 0 Å². The molecule has 2 aromatic heterocycles. The summed E-state index contributed by atoms with van der Waals surface area (Å²) >= 11 is 1.74. The molecule has 2 aromatic rings. The van der Waals surface area contributed by atoms with Crippen molar-refractivity contribution >= 4 is 22.9 Å². The van der Waals surface area contributed by atoms with Gasteiger partial charge >= 0.3 is 0 Å². The van der Waals surface area contributed by atoms with Crippen LogP contribution in [0, 0.1) is 0 Å². The first-order chi connectivity index (χ1) is 7.93. The molecule has 0 unspecified atom stereocenters. The fourth-order valence-electron chi connectivity index (χ4n) is 1.55. The van der Waals surface area contributed by atoms with Gasteiger partial charge in [0.15, 0.2) is 5.65 Å². The van der Waals surface area contributed by atoms with Gasteiger partial charge in [-0.3, -0.25) is 0 Å². The van der Waals surface area contributed by atoms with E-state index in [0.29, 0.717) is 0 Å². The number of thioether (sulfide) groups is 1. The summed E-state index contributed by atoms with van der Waals surface area (Å²) in [6.45, 7) is 1.04. The lowest BCUT2D eigenvalue weighted by atomic mass is 10.6. The topological polar surface area (TPSA) is 66.5 Å². The monoisotopic (exact) mass is 235 g/mol. The van der Waals surface area contributed by atoms with E-state index in [2.05, 4.69) is 25.3 Å². The van der Waals surface area contributed by atoms with Crippen LogP contribution in [-0.2, 0) is 0 Å². The Labute approximate surface area is 97.5 Å². The van der Waals surface area contributed by atoms with Crippen LogP contribution in [-0.4, -0.2) is 38.3 Å². The van der Waals surface area contributed by atoms with Crippen LogP contribution in [0.1, 0.15) is 12.8 Å². The molecule has 6 heteroatoms. The maximum Gasteiger partial charge on any atom is 0.181 e. The lowest BCUT2D eigenvalue weighted by molar-refractivity contribution is 0.726. The van der Waals surface area contributed by atoms with Crippen molar-refractivity contribution in [2.24, 2.45) is 0 Å². The van der Waals surface area contributed by atoms with Gasteiger partial charge in [-0.25, -0.2) is 15.0 Å². The molecule has 0 saturated heterocycles. The number of H-pyrrole nitrogens is 1. The van der Waals surface area contributed by atoms with Gasteiger partial charge in [0.1, 0.15) is 16.9 Å². The molecule has 2 N–H and O–H groups in total. The SMILES string of the molecule is c1nc(SCCNC2CC2)c2[nH]cnc2n1. The summed E-state index contributed by atoms with van der Waals surface area (Å²) in [6.07, 6.45) is 5.90. The van der Waals surface area contributed by atoms with E-state index in [-0.39, 0.29) is 0 Å². The second kappa shape index (κ2) is 4.39. The molecule has 0 amide bonds. The van der Waals surface area contributed by atoms with Gasteiger partial charge in [0, 0.05) is 18.3 Å². The van der Waals surface area contributed by atoms with Crippen molar-refractivity contribution in [1.82, 2.24) is 25.3 Å². The minimum atomic E-state index is 0.743. The summed E-state index contributed by atoms with van der Waals surface area (Å²) in [5.74, 6) is 1.03. The number of nitrogens with one attached hydrogen (secondary N) is 2. The summed E-state index contributed by atoms with van der Waals surface area (Å²) < 4.78 is 0. The van der Waals surface area contributed by atoms with E-state index in [4.69, 9.17) is 0 Å². The first kappa shape index (κ1) is 10.0. The van der Waals surface area contributed by atoms with Crippen LogP contribution in [0.15, 0.2) is 17.7 Å². The van der Waals surface area contributed by atoms with E-state index in [1.807, 2.05) is 0 Å². The van der Waals surface area contributed by atoms with E-state index in [1.54, 1.807) is 24.4 Å². The van der Waals surface area contributed by atoms with Gasteiger partial charge in [-0.2, -0.15) is 0 Å². The third-order valence-corrected chi connectivity index (χ3v) is 3.53. The van der Waals surface area contributed by atoms with Gasteiger partial charge in [-0.1, -0.05) is 0 Å². The largest absolute Gasteiger partial charge is 0.341 e. The first-order valence-electron chi connectivity index (χ1n) is 5.44. The number of rotatable bonds is 5. The maximum absolute atomic E-state index is 4.26. The highest BCUT2D eigenvalue weighted by Gasteiger charge is 2.19. The molecule has 2 heterocycles. The summed E-state index contributed by atoms with van der Waals surface area (Å²) in [5.41, 5.74) is 1.69. The average molecular weight is 235 g/mol. The van der Waals surface area contributed by atoms with Crippen molar-refractivity contribution in [2.45, 2.75) is 23.9 Å². The van der Waals surface area contributed by atoms with Crippen LogP contribution in [0.2, 0.25) is 0 Å². The average Bonchev–Trinajstić information content (AvgIpc) is 3.00. The zero-order valence-electron chi connectivity index (χ0n) is 8.81. The molecule has 0 aromatic carbocycles. The molecule has 0 aliphatic heterocycles. The minimum Gasteiger partial charge on any atom is -0.341 e. The molecule has 1 saturated carbocycles. The predicted octanol–water partition coefficient (Wildman–Crippen LogP) is 1.20. The molecule has 0 atom stereocenters. The van der Waals surface area contributed by atoms with Crippen molar-refractivity contribution in [3.8, 4) is 0 Å². The second-order valence-corrected chi connectivity index (χ2v) is 4.94. The van der Waals surface area contributed by atoms with Crippen molar-refractivity contribution in [1.29, 1.82) is 0 Å². The van der Waals surface area contributed by atoms with Gasteiger partial charge in [-0.05, 0) is 12.8 Å². The Bertz CT molecular complexity index is 479. The number of aromatic amines is 1. The lowest BCUT2D eigenvalue weighted by Gasteiger charge is -2.02. The Kier molecular flexibility index (Phi) is 2.75. The summed E-state index contributed by atoms with van der Waals surface area (Å²) in [6, 6.07) is 0.776. The zero-order chi connectivity index (χ0) is 10.8. The predicted molar refractivity (Wildman–Crippen MR) is 63.4 cm³/mol. The van der Waals surface area contributed by atoms with Crippen molar-refractivity contribution < 1.29 is 0 Å². The minimum absolute atomic E-state index is 0.743. The molecule has 1 fully saturated rings. The number of fused-ring (bicyclic) bond motifs is 1. The number of hydrogen-bond donors (Lipinski definition) is 2. The maximum atomic E-state index is 4.26. The van der Waals surface area contributed by atoms with E-state index in [9.17, 15) is 0 Å². The van der Waals surface area contributed by atoms with Crippen LogP contribution in [0.25, 0.3) is 11.2 Å². The second-order valence-electron chi connectivity index (χ2n) is 3.86. The third-order valence-electron chi connectivity index (χ3n) is 2.54. The van der Waals surface area contributed by atoms with Crippen LogP contribution < -0.4 is 5.32 Å². The van der Waals surface area contributed by atoms with E-state index >= 15 is 0 Å². The van der Waals surface area contributed by atoms with Crippen molar-refractivity contribution in [3.63, 3.8) is 0 Å². The van der Waals surface area contributed by atoms with E-state index in [0.717, 1.165) is 34.5 Å². The van der Waals surface area contributed by atoms with Crippen LogP contribution in [0.5, 0.6) is 0 Å². The summed E-state index contributed by atoms with van der Waals surface area (Å²) in [4.78, 5) is 15.5.